The fourth-order valence-electron chi connectivity index (χ4n) is 3.21. The number of nitrogens with zero attached hydrogens (tertiary/aromatic N) is 2. The van der Waals surface area contributed by atoms with E-state index in [1.54, 1.807) is 7.11 Å². The summed E-state index contributed by atoms with van der Waals surface area (Å²) in [5.74, 6) is 2.30. The summed E-state index contributed by atoms with van der Waals surface area (Å²) < 4.78 is 5.20. The van der Waals surface area contributed by atoms with Gasteiger partial charge in [0, 0.05) is 24.0 Å². The number of ether oxygens (including phenoxy) is 1. The lowest BCUT2D eigenvalue weighted by Gasteiger charge is -2.23. The number of hydrogen-bond donors (Lipinski definition) is 2. The predicted molar refractivity (Wildman–Crippen MR) is 120 cm³/mol. The molecule has 1 heterocycles. The van der Waals surface area contributed by atoms with Crippen molar-refractivity contribution in [3.8, 4) is 5.75 Å². The van der Waals surface area contributed by atoms with Crippen LogP contribution in [0.1, 0.15) is 37.6 Å². The van der Waals surface area contributed by atoms with Crippen LogP contribution in [-0.4, -0.2) is 23.6 Å². The number of aryl methyl sites for hydroxylation is 1. The lowest BCUT2D eigenvalue weighted by molar-refractivity contribution is 0.414. The van der Waals surface area contributed by atoms with E-state index in [1.165, 1.54) is 11.1 Å². The molecule has 5 heteroatoms. The van der Waals surface area contributed by atoms with Gasteiger partial charge in [-0.1, -0.05) is 51.1 Å². The third-order valence-corrected chi connectivity index (χ3v) is 4.71. The summed E-state index contributed by atoms with van der Waals surface area (Å²) in [6.07, 6.45) is 0.886. The quantitative estimate of drug-likeness (QED) is 0.559. The van der Waals surface area contributed by atoms with Gasteiger partial charge in [0.25, 0.3) is 0 Å². The van der Waals surface area contributed by atoms with Gasteiger partial charge >= 0.3 is 0 Å². The van der Waals surface area contributed by atoms with Gasteiger partial charge in [-0.2, -0.15) is 4.98 Å². The standard InChI is InChI=1S/C24H30N4O/c1-17-16-22(27-21-9-7-6-8-20(21)24(2,3)4)28-23(26-17)25-15-14-18-10-12-19(29-5)13-11-18/h6-13,16H,14-15H2,1-5H3,(H2,25,26,27,28). The topological polar surface area (TPSA) is 59.1 Å². The summed E-state index contributed by atoms with van der Waals surface area (Å²) in [5, 5.41) is 6.82. The smallest absolute Gasteiger partial charge is 0.224 e. The zero-order chi connectivity index (χ0) is 20.9. The predicted octanol–water partition coefficient (Wildman–Crippen LogP) is 5.49. The third-order valence-electron chi connectivity index (χ3n) is 4.71. The van der Waals surface area contributed by atoms with Gasteiger partial charge in [-0.3, -0.25) is 0 Å². The molecule has 0 fully saturated rings. The van der Waals surface area contributed by atoms with E-state index in [0.717, 1.165) is 35.9 Å². The Labute approximate surface area is 173 Å². The number of anilines is 3. The first-order chi connectivity index (χ1) is 13.8. The number of para-hydroxylation sites is 1. The fourth-order valence-corrected chi connectivity index (χ4v) is 3.21. The zero-order valence-corrected chi connectivity index (χ0v) is 17.9. The molecule has 0 radical (unpaired) electrons. The monoisotopic (exact) mass is 390 g/mol. The molecule has 0 aliphatic rings. The highest BCUT2D eigenvalue weighted by Crippen LogP contribution is 2.31. The number of benzene rings is 2. The van der Waals surface area contributed by atoms with Crippen LogP contribution >= 0.6 is 0 Å². The Bertz CT molecular complexity index is 946. The van der Waals surface area contributed by atoms with E-state index < -0.39 is 0 Å². The van der Waals surface area contributed by atoms with Crippen molar-refractivity contribution in [3.63, 3.8) is 0 Å². The molecule has 0 spiro atoms. The van der Waals surface area contributed by atoms with Crippen LogP contribution in [0.2, 0.25) is 0 Å². The van der Waals surface area contributed by atoms with Gasteiger partial charge in [-0.15, -0.1) is 0 Å². The molecule has 2 N–H and O–H groups in total. The van der Waals surface area contributed by atoms with Gasteiger partial charge in [0.05, 0.1) is 7.11 Å². The molecule has 0 saturated heterocycles. The molecule has 3 rings (SSSR count). The first-order valence-corrected chi connectivity index (χ1v) is 9.94. The minimum atomic E-state index is 0.0467. The Balaban J connectivity index is 1.68. The summed E-state index contributed by atoms with van der Waals surface area (Å²) >= 11 is 0. The Hall–Kier alpha value is -3.08. The molecule has 3 aromatic rings. The van der Waals surface area contributed by atoms with Crippen LogP contribution in [0.5, 0.6) is 5.75 Å². The molecular formula is C24H30N4O. The number of rotatable bonds is 7. The zero-order valence-electron chi connectivity index (χ0n) is 17.9. The molecule has 152 valence electrons. The molecule has 0 saturated carbocycles. The van der Waals surface area contributed by atoms with E-state index in [-0.39, 0.29) is 5.41 Å². The van der Waals surface area contributed by atoms with Crippen LogP contribution in [0, 0.1) is 6.92 Å². The molecule has 0 bridgehead atoms. The van der Waals surface area contributed by atoms with Crippen LogP contribution in [0.15, 0.2) is 54.6 Å². The molecule has 0 aliphatic heterocycles. The Morgan fingerprint density at radius 3 is 2.38 bits per heavy atom. The maximum atomic E-state index is 5.20. The largest absolute Gasteiger partial charge is 0.497 e. The summed E-state index contributed by atoms with van der Waals surface area (Å²) in [4.78, 5) is 9.18. The number of aromatic nitrogens is 2. The average molecular weight is 391 g/mol. The molecule has 1 aromatic heterocycles. The van der Waals surface area contributed by atoms with E-state index in [4.69, 9.17) is 4.74 Å². The molecule has 0 atom stereocenters. The first kappa shape index (κ1) is 20.6. The third kappa shape index (κ3) is 5.70. The lowest BCUT2D eigenvalue weighted by Crippen LogP contribution is -2.14. The summed E-state index contributed by atoms with van der Waals surface area (Å²) in [6.45, 7) is 9.38. The minimum absolute atomic E-state index is 0.0467. The molecule has 29 heavy (non-hydrogen) atoms. The van der Waals surface area contributed by atoms with Gasteiger partial charge in [0.15, 0.2) is 0 Å². The highest BCUT2D eigenvalue weighted by atomic mass is 16.5. The first-order valence-electron chi connectivity index (χ1n) is 9.94. The van der Waals surface area contributed by atoms with Crippen molar-refractivity contribution in [2.45, 2.75) is 39.5 Å². The highest BCUT2D eigenvalue weighted by Gasteiger charge is 2.17. The van der Waals surface area contributed by atoms with Gasteiger partial charge in [0.1, 0.15) is 11.6 Å². The van der Waals surface area contributed by atoms with Crippen molar-refractivity contribution in [1.29, 1.82) is 0 Å². The Kier molecular flexibility index (Phi) is 6.37. The van der Waals surface area contributed by atoms with E-state index in [9.17, 15) is 0 Å². The second-order valence-electron chi connectivity index (χ2n) is 8.16. The SMILES string of the molecule is COc1ccc(CCNc2nc(C)cc(Nc3ccccc3C(C)(C)C)n2)cc1. The maximum Gasteiger partial charge on any atom is 0.224 e. The van der Waals surface area contributed by atoms with Gasteiger partial charge in [-0.25, -0.2) is 4.98 Å². The van der Waals surface area contributed by atoms with Crippen LogP contribution in [0.3, 0.4) is 0 Å². The summed E-state index contributed by atoms with van der Waals surface area (Å²) in [5.41, 5.74) is 4.53. The van der Waals surface area contributed by atoms with Crippen molar-refractivity contribution in [3.05, 3.63) is 71.4 Å². The van der Waals surface area contributed by atoms with Crippen LogP contribution in [0.25, 0.3) is 0 Å². The van der Waals surface area contributed by atoms with E-state index in [2.05, 4.69) is 71.7 Å². The second-order valence-corrected chi connectivity index (χ2v) is 8.16. The van der Waals surface area contributed by atoms with Crippen molar-refractivity contribution < 1.29 is 4.74 Å². The molecule has 0 aliphatic carbocycles. The van der Waals surface area contributed by atoms with Crippen molar-refractivity contribution >= 4 is 17.5 Å². The minimum Gasteiger partial charge on any atom is -0.497 e. The van der Waals surface area contributed by atoms with Gasteiger partial charge in [-0.05, 0) is 48.1 Å². The summed E-state index contributed by atoms with van der Waals surface area (Å²) in [7, 11) is 1.68. The maximum absolute atomic E-state index is 5.20. The number of methoxy groups -OCH3 is 1. The average Bonchev–Trinajstić information content (AvgIpc) is 2.68. The highest BCUT2D eigenvalue weighted by molar-refractivity contribution is 5.63. The van der Waals surface area contributed by atoms with Crippen LogP contribution < -0.4 is 15.4 Å². The number of nitrogens with one attached hydrogen (secondary N) is 2. The molecule has 0 amide bonds. The second kappa shape index (κ2) is 8.95. The van der Waals surface area contributed by atoms with E-state index in [1.807, 2.05) is 31.2 Å². The van der Waals surface area contributed by atoms with Crippen LogP contribution in [0.4, 0.5) is 17.5 Å². The lowest BCUT2D eigenvalue weighted by atomic mass is 9.86. The fraction of sp³-hybridized carbons (Fsp3) is 0.333. The molecular weight excluding hydrogens is 360 g/mol. The Morgan fingerprint density at radius 1 is 0.966 bits per heavy atom. The van der Waals surface area contributed by atoms with Gasteiger partial charge in [0.2, 0.25) is 5.95 Å². The normalized spacial score (nSPS) is 11.2. The van der Waals surface area contributed by atoms with Crippen molar-refractivity contribution in [1.82, 2.24) is 9.97 Å². The van der Waals surface area contributed by atoms with Gasteiger partial charge < -0.3 is 15.4 Å². The number of hydrogen-bond acceptors (Lipinski definition) is 5. The molecule has 0 unspecified atom stereocenters. The van der Waals surface area contributed by atoms with Crippen molar-refractivity contribution in [2.24, 2.45) is 0 Å². The van der Waals surface area contributed by atoms with Crippen LogP contribution in [-0.2, 0) is 11.8 Å². The molecule has 2 aromatic carbocycles. The van der Waals surface area contributed by atoms with E-state index in [0.29, 0.717) is 5.95 Å². The molecule has 5 nitrogen and oxygen atoms in total. The van der Waals surface area contributed by atoms with E-state index >= 15 is 0 Å². The Morgan fingerprint density at radius 2 is 1.69 bits per heavy atom. The summed E-state index contributed by atoms with van der Waals surface area (Å²) in [6, 6.07) is 18.4. The van der Waals surface area contributed by atoms with Crippen molar-refractivity contribution in [2.75, 3.05) is 24.3 Å².